The Morgan fingerprint density at radius 2 is 1.68 bits per heavy atom. The van der Waals surface area contributed by atoms with E-state index in [1.807, 2.05) is 55.5 Å². The van der Waals surface area contributed by atoms with Crippen LogP contribution >= 0.6 is 15.9 Å². The van der Waals surface area contributed by atoms with Gasteiger partial charge >= 0.3 is 0 Å². The fourth-order valence-electron chi connectivity index (χ4n) is 1.90. The number of amides is 2. The van der Waals surface area contributed by atoms with Crippen LogP contribution in [0.25, 0.3) is 0 Å². The molecule has 0 radical (unpaired) electrons. The summed E-state index contributed by atoms with van der Waals surface area (Å²) in [7, 11) is 0. The van der Waals surface area contributed by atoms with Crippen LogP contribution < -0.4 is 10.6 Å². The minimum Gasteiger partial charge on any atom is -0.347 e. The molecule has 2 rings (SSSR count). The Morgan fingerprint density at radius 1 is 1.00 bits per heavy atom. The van der Waals surface area contributed by atoms with Gasteiger partial charge in [0, 0.05) is 10.2 Å². The standard InChI is InChI=1S/C17H17BrN2O2/c1-12-6-8-14(9-7-12)20-17(22)11-19-16(21)10-13-4-2-3-5-15(13)18/h2-9H,10-11H2,1H3,(H,19,21)(H,20,22). The van der Waals surface area contributed by atoms with E-state index in [0.717, 1.165) is 21.3 Å². The molecule has 0 saturated heterocycles. The fraction of sp³-hybridized carbons (Fsp3) is 0.176. The zero-order chi connectivity index (χ0) is 15.9. The third-order valence-electron chi connectivity index (χ3n) is 3.09. The molecule has 22 heavy (non-hydrogen) atoms. The van der Waals surface area contributed by atoms with Crippen LogP contribution in [0.1, 0.15) is 11.1 Å². The summed E-state index contributed by atoms with van der Waals surface area (Å²) in [6.45, 7) is 1.94. The molecule has 2 aromatic rings. The quantitative estimate of drug-likeness (QED) is 0.860. The van der Waals surface area contributed by atoms with Gasteiger partial charge in [-0.15, -0.1) is 0 Å². The molecule has 0 atom stereocenters. The lowest BCUT2D eigenvalue weighted by molar-refractivity contribution is -0.123. The molecule has 0 aromatic heterocycles. The Hall–Kier alpha value is -2.14. The van der Waals surface area contributed by atoms with Gasteiger partial charge in [0.05, 0.1) is 13.0 Å². The summed E-state index contributed by atoms with van der Waals surface area (Å²) in [6, 6.07) is 15.0. The van der Waals surface area contributed by atoms with Crippen molar-refractivity contribution in [2.24, 2.45) is 0 Å². The molecule has 0 unspecified atom stereocenters. The zero-order valence-corrected chi connectivity index (χ0v) is 13.8. The summed E-state index contributed by atoms with van der Waals surface area (Å²) in [5.74, 6) is -0.435. The zero-order valence-electron chi connectivity index (χ0n) is 12.2. The van der Waals surface area contributed by atoms with Crippen LogP contribution in [0.2, 0.25) is 0 Å². The van der Waals surface area contributed by atoms with Crippen molar-refractivity contribution in [2.45, 2.75) is 13.3 Å². The van der Waals surface area contributed by atoms with Gasteiger partial charge < -0.3 is 10.6 Å². The van der Waals surface area contributed by atoms with Crippen LogP contribution in [0.15, 0.2) is 53.0 Å². The van der Waals surface area contributed by atoms with Crippen LogP contribution in [-0.2, 0) is 16.0 Å². The number of hydrogen-bond acceptors (Lipinski definition) is 2. The highest BCUT2D eigenvalue weighted by Gasteiger charge is 2.08. The van der Waals surface area contributed by atoms with Gasteiger partial charge in [-0.1, -0.05) is 51.8 Å². The van der Waals surface area contributed by atoms with Gasteiger partial charge in [-0.3, -0.25) is 9.59 Å². The number of hydrogen-bond donors (Lipinski definition) is 2. The molecule has 0 bridgehead atoms. The Balaban J connectivity index is 1.79. The molecule has 0 aliphatic rings. The number of halogens is 1. The molecule has 2 N–H and O–H groups in total. The average molecular weight is 361 g/mol. The number of aryl methyl sites for hydroxylation is 1. The third-order valence-corrected chi connectivity index (χ3v) is 3.86. The van der Waals surface area contributed by atoms with E-state index >= 15 is 0 Å². The highest BCUT2D eigenvalue weighted by atomic mass is 79.9. The molecule has 4 nitrogen and oxygen atoms in total. The summed E-state index contributed by atoms with van der Waals surface area (Å²) in [4.78, 5) is 23.6. The lowest BCUT2D eigenvalue weighted by Gasteiger charge is -2.08. The van der Waals surface area contributed by atoms with Crippen LogP contribution in [0.5, 0.6) is 0 Å². The van der Waals surface area contributed by atoms with Gasteiger partial charge in [0.25, 0.3) is 0 Å². The topological polar surface area (TPSA) is 58.2 Å². The van der Waals surface area contributed by atoms with Gasteiger partial charge in [-0.2, -0.15) is 0 Å². The first-order valence-corrected chi connectivity index (χ1v) is 7.70. The van der Waals surface area contributed by atoms with E-state index in [1.165, 1.54) is 0 Å². The SMILES string of the molecule is Cc1ccc(NC(=O)CNC(=O)Cc2ccccc2Br)cc1. The van der Waals surface area contributed by atoms with Crippen LogP contribution in [-0.4, -0.2) is 18.4 Å². The number of nitrogens with one attached hydrogen (secondary N) is 2. The van der Waals surface area contributed by atoms with Crippen molar-refractivity contribution in [1.82, 2.24) is 5.32 Å². The van der Waals surface area contributed by atoms with Crippen molar-refractivity contribution in [3.05, 3.63) is 64.1 Å². The number of benzene rings is 2. The van der Waals surface area contributed by atoms with Gasteiger partial charge in [0.15, 0.2) is 0 Å². The second-order valence-electron chi connectivity index (χ2n) is 4.96. The van der Waals surface area contributed by atoms with Gasteiger partial charge in [0.1, 0.15) is 0 Å². The molecule has 0 fully saturated rings. The van der Waals surface area contributed by atoms with E-state index in [2.05, 4.69) is 26.6 Å². The van der Waals surface area contributed by atoms with Crippen LogP contribution in [0, 0.1) is 6.92 Å². The summed E-state index contributed by atoms with van der Waals surface area (Å²) in [5, 5.41) is 5.35. The lowest BCUT2D eigenvalue weighted by atomic mass is 10.1. The monoisotopic (exact) mass is 360 g/mol. The lowest BCUT2D eigenvalue weighted by Crippen LogP contribution is -2.33. The van der Waals surface area contributed by atoms with Crippen molar-refractivity contribution >= 4 is 33.4 Å². The van der Waals surface area contributed by atoms with Crippen molar-refractivity contribution in [2.75, 3.05) is 11.9 Å². The molecule has 0 saturated carbocycles. The summed E-state index contributed by atoms with van der Waals surface area (Å²) >= 11 is 3.40. The first-order valence-electron chi connectivity index (χ1n) is 6.91. The Labute approximate surface area is 138 Å². The molecule has 2 amide bonds. The second-order valence-corrected chi connectivity index (χ2v) is 5.81. The smallest absolute Gasteiger partial charge is 0.243 e. The van der Waals surface area contributed by atoms with Crippen molar-refractivity contribution in [3.8, 4) is 0 Å². The fourth-order valence-corrected chi connectivity index (χ4v) is 2.32. The number of anilines is 1. The normalized spacial score (nSPS) is 10.1. The van der Waals surface area contributed by atoms with Gasteiger partial charge in [-0.05, 0) is 30.7 Å². The summed E-state index contributed by atoms with van der Waals surface area (Å²) in [5.41, 5.74) is 2.73. The first-order chi connectivity index (χ1) is 10.5. The van der Waals surface area contributed by atoms with E-state index in [-0.39, 0.29) is 24.8 Å². The maximum atomic E-state index is 11.9. The highest BCUT2D eigenvalue weighted by molar-refractivity contribution is 9.10. The molecule has 114 valence electrons. The largest absolute Gasteiger partial charge is 0.347 e. The minimum absolute atomic E-state index is 0.0445. The molecule has 2 aromatic carbocycles. The summed E-state index contributed by atoms with van der Waals surface area (Å²) < 4.78 is 0.884. The molecular weight excluding hydrogens is 344 g/mol. The predicted octanol–water partition coefficient (Wildman–Crippen LogP) is 3.05. The maximum absolute atomic E-state index is 11.9. The highest BCUT2D eigenvalue weighted by Crippen LogP contribution is 2.16. The van der Waals surface area contributed by atoms with Gasteiger partial charge in [0.2, 0.25) is 11.8 Å². The van der Waals surface area contributed by atoms with Crippen molar-refractivity contribution < 1.29 is 9.59 Å². The number of rotatable bonds is 5. The Bertz CT molecular complexity index is 669. The number of carbonyl (C=O) groups excluding carboxylic acids is 2. The van der Waals surface area contributed by atoms with E-state index in [4.69, 9.17) is 0 Å². The maximum Gasteiger partial charge on any atom is 0.243 e. The van der Waals surface area contributed by atoms with Crippen molar-refractivity contribution in [3.63, 3.8) is 0 Å². The third kappa shape index (κ3) is 5.00. The van der Waals surface area contributed by atoms with E-state index in [0.29, 0.717) is 0 Å². The first kappa shape index (κ1) is 16.2. The van der Waals surface area contributed by atoms with Crippen LogP contribution in [0.4, 0.5) is 5.69 Å². The minimum atomic E-state index is -0.246. The molecule has 0 aliphatic heterocycles. The van der Waals surface area contributed by atoms with Gasteiger partial charge in [-0.25, -0.2) is 0 Å². The Kier molecular flexibility index (Phi) is 5.72. The molecule has 5 heteroatoms. The van der Waals surface area contributed by atoms with Crippen molar-refractivity contribution in [1.29, 1.82) is 0 Å². The summed E-state index contributed by atoms with van der Waals surface area (Å²) in [6.07, 6.45) is 0.235. The average Bonchev–Trinajstić information content (AvgIpc) is 2.50. The van der Waals surface area contributed by atoms with Crippen LogP contribution in [0.3, 0.4) is 0 Å². The molecule has 0 aliphatic carbocycles. The van der Waals surface area contributed by atoms with E-state index in [1.54, 1.807) is 0 Å². The molecular formula is C17H17BrN2O2. The molecule has 0 spiro atoms. The number of carbonyl (C=O) groups is 2. The Morgan fingerprint density at radius 3 is 2.36 bits per heavy atom. The van der Waals surface area contributed by atoms with E-state index < -0.39 is 0 Å². The molecule has 0 heterocycles. The predicted molar refractivity (Wildman–Crippen MR) is 90.7 cm³/mol. The van der Waals surface area contributed by atoms with E-state index in [9.17, 15) is 9.59 Å². The second kappa shape index (κ2) is 7.75.